The largest absolute Gasteiger partial charge is 0.370 e. The van der Waals surface area contributed by atoms with Gasteiger partial charge in [0, 0.05) is 18.4 Å². The Labute approximate surface area is 108 Å². The van der Waals surface area contributed by atoms with E-state index in [-0.39, 0.29) is 0 Å². The lowest BCUT2D eigenvalue weighted by atomic mass is 10.3. The molecule has 0 amide bonds. The number of aromatic nitrogens is 3. The third-order valence-electron chi connectivity index (χ3n) is 2.82. The molecule has 2 aromatic rings. The summed E-state index contributed by atoms with van der Waals surface area (Å²) >= 11 is 0. The van der Waals surface area contributed by atoms with E-state index < -0.39 is 0 Å². The van der Waals surface area contributed by atoms with Gasteiger partial charge >= 0.3 is 0 Å². The summed E-state index contributed by atoms with van der Waals surface area (Å²) < 4.78 is 2.01. The van der Waals surface area contributed by atoms with Gasteiger partial charge in [-0.1, -0.05) is 13.0 Å². The highest BCUT2D eigenvalue weighted by Gasteiger charge is 2.02. The van der Waals surface area contributed by atoms with E-state index in [1.165, 1.54) is 11.3 Å². The summed E-state index contributed by atoms with van der Waals surface area (Å²) in [5, 5.41) is 7.72. The predicted molar refractivity (Wildman–Crippen MR) is 73.8 cm³/mol. The third-order valence-corrected chi connectivity index (χ3v) is 2.82. The third kappa shape index (κ3) is 3.09. The Morgan fingerprint density at radius 2 is 2.11 bits per heavy atom. The average molecular weight is 244 g/mol. The van der Waals surface area contributed by atoms with E-state index in [0.29, 0.717) is 0 Å². The zero-order chi connectivity index (χ0) is 13.0. The molecule has 0 aliphatic heterocycles. The first kappa shape index (κ1) is 12.6. The first-order chi connectivity index (χ1) is 8.69. The highest BCUT2D eigenvalue weighted by atomic mass is 15.3. The number of hydrogen-bond donors (Lipinski definition) is 1. The highest BCUT2D eigenvalue weighted by molar-refractivity contribution is 5.35. The Kier molecular flexibility index (Phi) is 3.97. The normalized spacial score (nSPS) is 10.6. The number of pyridine rings is 1. The van der Waals surface area contributed by atoms with Gasteiger partial charge in [-0.3, -0.25) is 4.68 Å². The number of hydrogen-bond acceptors (Lipinski definition) is 3. The Bertz CT molecular complexity index is 499. The highest BCUT2D eigenvalue weighted by Crippen LogP contribution is 2.09. The van der Waals surface area contributed by atoms with Crippen molar-refractivity contribution < 1.29 is 0 Å². The molecule has 0 radical (unpaired) electrons. The van der Waals surface area contributed by atoms with Crippen LogP contribution in [0.5, 0.6) is 0 Å². The summed E-state index contributed by atoms with van der Waals surface area (Å²) in [4.78, 5) is 4.40. The minimum Gasteiger partial charge on any atom is -0.370 e. The molecule has 0 saturated heterocycles. The molecule has 1 N–H and O–H groups in total. The lowest BCUT2D eigenvalue weighted by molar-refractivity contribution is 0.657. The van der Waals surface area contributed by atoms with Crippen LogP contribution in [-0.4, -0.2) is 21.3 Å². The molecule has 0 unspecified atom stereocenters. The number of rotatable bonds is 5. The smallest absolute Gasteiger partial charge is 0.125 e. The van der Waals surface area contributed by atoms with Crippen molar-refractivity contribution in [3.05, 3.63) is 41.3 Å². The topological polar surface area (TPSA) is 42.7 Å². The van der Waals surface area contributed by atoms with Crippen LogP contribution in [0.4, 0.5) is 5.82 Å². The maximum absolute atomic E-state index is 4.45. The zero-order valence-electron chi connectivity index (χ0n) is 11.3. The number of nitrogens with zero attached hydrogens (tertiary/aromatic N) is 3. The molecule has 0 saturated carbocycles. The van der Waals surface area contributed by atoms with Crippen LogP contribution in [0.1, 0.15) is 30.3 Å². The van der Waals surface area contributed by atoms with E-state index in [1.807, 2.05) is 23.9 Å². The van der Waals surface area contributed by atoms with Crippen molar-refractivity contribution in [1.29, 1.82) is 0 Å². The van der Waals surface area contributed by atoms with Gasteiger partial charge in [0.15, 0.2) is 0 Å². The second-order valence-corrected chi connectivity index (χ2v) is 4.56. The standard InChI is InChI=1S/C14H20N4/c1-4-7-15-14-6-5-13(9-16-14)10-18-12(3)8-11(2)17-18/h5-6,8-9H,4,7,10H2,1-3H3,(H,15,16). The SMILES string of the molecule is CCCNc1ccc(Cn2nc(C)cc2C)cn1. The van der Waals surface area contributed by atoms with Gasteiger partial charge < -0.3 is 5.32 Å². The van der Waals surface area contributed by atoms with Gasteiger partial charge in [-0.15, -0.1) is 0 Å². The van der Waals surface area contributed by atoms with Crippen molar-refractivity contribution in [2.45, 2.75) is 33.7 Å². The Morgan fingerprint density at radius 1 is 1.28 bits per heavy atom. The van der Waals surface area contributed by atoms with Crippen molar-refractivity contribution in [3.8, 4) is 0 Å². The summed E-state index contributed by atoms with van der Waals surface area (Å²) in [5.74, 6) is 0.939. The summed E-state index contributed by atoms with van der Waals surface area (Å²) in [6, 6.07) is 6.21. The number of anilines is 1. The van der Waals surface area contributed by atoms with Crippen LogP contribution in [0.25, 0.3) is 0 Å². The molecule has 4 nitrogen and oxygen atoms in total. The van der Waals surface area contributed by atoms with Gasteiger partial charge in [0.05, 0.1) is 12.2 Å². The minimum atomic E-state index is 0.779. The first-order valence-electron chi connectivity index (χ1n) is 6.39. The van der Waals surface area contributed by atoms with Crippen molar-refractivity contribution >= 4 is 5.82 Å². The van der Waals surface area contributed by atoms with Crippen LogP contribution < -0.4 is 5.32 Å². The van der Waals surface area contributed by atoms with Gasteiger partial charge in [0.1, 0.15) is 5.82 Å². The van der Waals surface area contributed by atoms with Gasteiger partial charge in [0.25, 0.3) is 0 Å². The van der Waals surface area contributed by atoms with E-state index >= 15 is 0 Å². The van der Waals surface area contributed by atoms with E-state index in [4.69, 9.17) is 0 Å². The Balaban J connectivity index is 2.04. The maximum atomic E-state index is 4.45. The molecule has 2 rings (SSSR count). The predicted octanol–water partition coefficient (Wildman–Crippen LogP) is 2.77. The minimum absolute atomic E-state index is 0.779. The van der Waals surface area contributed by atoms with Crippen LogP contribution in [0.2, 0.25) is 0 Å². The fourth-order valence-corrected chi connectivity index (χ4v) is 1.88. The van der Waals surface area contributed by atoms with E-state index in [1.54, 1.807) is 0 Å². The van der Waals surface area contributed by atoms with Crippen LogP contribution >= 0.6 is 0 Å². The van der Waals surface area contributed by atoms with E-state index in [9.17, 15) is 0 Å². The molecule has 0 aliphatic carbocycles. The molecule has 4 heteroatoms. The number of nitrogens with one attached hydrogen (secondary N) is 1. The molecule has 0 spiro atoms. The fourth-order valence-electron chi connectivity index (χ4n) is 1.88. The monoisotopic (exact) mass is 244 g/mol. The summed E-state index contributed by atoms with van der Waals surface area (Å²) in [7, 11) is 0. The van der Waals surface area contributed by atoms with Crippen LogP contribution in [0, 0.1) is 13.8 Å². The molecule has 96 valence electrons. The molecule has 0 atom stereocenters. The van der Waals surface area contributed by atoms with Crippen LogP contribution in [0.3, 0.4) is 0 Å². The molecule has 0 aromatic carbocycles. The zero-order valence-corrected chi connectivity index (χ0v) is 11.3. The van der Waals surface area contributed by atoms with Crippen LogP contribution in [0.15, 0.2) is 24.4 Å². The Morgan fingerprint density at radius 3 is 2.67 bits per heavy atom. The molecule has 0 fully saturated rings. The first-order valence-corrected chi connectivity index (χ1v) is 6.39. The lowest BCUT2D eigenvalue weighted by Crippen LogP contribution is -2.06. The van der Waals surface area contributed by atoms with Gasteiger partial charge in [0.2, 0.25) is 0 Å². The van der Waals surface area contributed by atoms with Gasteiger partial charge in [-0.2, -0.15) is 5.10 Å². The summed E-state index contributed by atoms with van der Waals surface area (Å²) in [6.45, 7) is 7.97. The molecule has 0 bridgehead atoms. The van der Waals surface area contributed by atoms with Crippen molar-refractivity contribution in [1.82, 2.24) is 14.8 Å². The van der Waals surface area contributed by atoms with Crippen LogP contribution in [-0.2, 0) is 6.54 Å². The Hall–Kier alpha value is -1.84. The van der Waals surface area contributed by atoms with Gasteiger partial charge in [-0.25, -0.2) is 4.98 Å². The lowest BCUT2D eigenvalue weighted by Gasteiger charge is -2.06. The van der Waals surface area contributed by atoms with E-state index in [2.05, 4.69) is 41.4 Å². The molecule has 18 heavy (non-hydrogen) atoms. The van der Waals surface area contributed by atoms with Gasteiger partial charge in [-0.05, 0) is 38.0 Å². The van der Waals surface area contributed by atoms with Crippen molar-refractivity contribution in [3.63, 3.8) is 0 Å². The maximum Gasteiger partial charge on any atom is 0.125 e. The summed E-state index contributed by atoms with van der Waals surface area (Å²) in [6.07, 6.45) is 3.02. The van der Waals surface area contributed by atoms with E-state index in [0.717, 1.165) is 31.0 Å². The van der Waals surface area contributed by atoms with Crippen molar-refractivity contribution in [2.24, 2.45) is 0 Å². The molecular weight excluding hydrogens is 224 g/mol. The summed E-state index contributed by atoms with van der Waals surface area (Å²) in [5.41, 5.74) is 3.41. The fraction of sp³-hybridized carbons (Fsp3) is 0.429. The van der Waals surface area contributed by atoms with Crippen molar-refractivity contribution in [2.75, 3.05) is 11.9 Å². The number of aryl methyl sites for hydroxylation is 2. The molecule has 0 aliphatic rings. The average Bonchev–Trinajstić information content (AvgIpc) is 2.67. The second kappa shape index (κ2) is 5.67. The second-order valence-electron chi connectivity index (χ2n) is 4.56. The molecule has 2 aromatic heterocycles. The molecule has 2 heterocycles. The molecular formula is C14H20N4. The quantitative estimate of drug-likeness (QED) is 0.879.